The Hall–Kier alpha value is -4.11. The summed E-state index contributed by atoms with van der Waals surface area (Å²) in [6.45, 7) is 5.55. The second kappa shape index (κ2) is 9.50. The molecule has 4 aromatic rings. The number of hydrogen-bond acceptors (Lipinski definition) is 4. The molecule has 1 aromatic heterocycles. The van der Waals surface area contributed by atoms with E-state index in [1.54, 1.807) is 55.1 Å². The molecule has 4 rings (SSSR count). The topological polar surface area (TPSA) is 93.4 Å². The number of sulfonamides is 1. The van der Waals surface area contributed by atoms with Crippen molar-refractivity contribution < 1.29 is 13.2 Å². The van der Waals surface area contributed by atoms with Gasteiger partial charge in [-0.3, -0.25) is 18.6 Å². The third-order valence-corrected chi connectivity index (χ3v) is 8.20. The number of nitrogens with one attached hydrogen (secondary N) is 1. The normalized spacial score (nSPS) is 11.4. The predicted molar refractivity (Wildman–Crippen MR) is 142 cm³/mol. The maximum absolute atomic E-state index is 13.6. The molecule has 0 saturated carbocycles. The van der Waals surface area contributed by atoms with E-state index in [0.717, 1.165) is 15.4 Å². The van der Waals surface area contributed by atoms with Gasteiger partial charge in [-0.15, -0.1) is 0 Å². The summed E-state index contributed by atoms with van der Waals surface area (Å²) in [5.74, 6) is -0.425. The molecule has 0 radical (unpaired) electrons. The average Bonchev–Trinajstić information content (AvgIpc) is 3.09. The SMILES string of the molecule is Cc1cccc(NC(=O)c2cccc(S(=O)(=O)N(C)c3c(C)n(C)n(-c4ccccc4)c3=O)c2)c1C. The fourth-order valence-corrected chi connectivity index (χ4v) is 5.37. The van der Waals surface area contributed by atoms with Crippen molar-refractivity contribution in [3.8, 4) is 5.69 Å². The fourth-order valence-electron chi connectivity index (χ4n) is 4.07. The number of para-hydroxylation sites is 1. The predicted octanol–water partition coefficient (Wildman–Crippen LogP) is 4.18. The Bertz CT molecular complexity index is 1620. The van der Waals surface area contributed by atoms with Crippen molar-refractivity contribution in [2.75, 3.05) is 16.7 Å². The lowest BCUT2D eigenvalue weighted by Gasteiger charge is -2.18. The van der Waals surface area contributed by atoms with Crippen LogP contribution in [-0.4, -0.2) is 30.7 Å². The van der Waals surface area contributed by atoms with Crippen LogP contribution < -0.4 is 15.2 Å². The maximum atomic E-state index is 13.6. The lowest BCUT2D eigenvalue weighted by Crippen LogP contribution is -2.32. The van der Waals surface area contributed by atoms with Gasteiger partial charge in [-0.25, -0.2) is 13.1 Å². The first-order valence-electron chi connectivity index (χ1n) is 11.3. The standard InChI is InChI=1S/C27H28N4O4S/c1-18-11-9-16-24(19(18)2)28-26(32)21-12-10-15-23(17-21)36(34,35)30(5)25-20(3)29(4)31(27(25)33)22-13-7-6-8-14-22/h6-17H,1-5H3,(H,28,32). The van der Waals surface area contributed by atoms with Crippen molar-refractivity contribution >= 4 is 27.3 Å². The molecule has 0 spiro atoms. The number of hydrogen-bond donors (Lipinski definition) is 1. The Morgan fingerprint density at radius 2 is 1.58 bits per heavy atom. The van der Waals surface area contributed by atoms with Crippen LogP contribution in [0.1, 0.15) is 27.2 Å². The second-order valence-electron chi connectivity index (χ2n) is 8.61. The van der Waals surface area contributed by atoms with Gasteiger partial charge < -0.3 is 5.32 Å². The maximum Gasteiger partial charge on any atom is 0.296 e. The third-order valence-electron chi connectivity index (χ3n) is 6.45. The lowest BCUT2D eigenvalue weighted by atomic mass is 10.1. The summed E-state index contributed by atoms with van der Waals surface area (Å²) in [5.41, 5.74) is 3.49. The van der Waals surface area contributed by atoms with Gasteiger partial charge in [-0.1, -0.05) is 36.4 Å². The van der Waals surface area contributed by atoms with Crippen LogP contribution in [0.3, 0.4) is 0 Å². The van der Waals surface area contributed by atoms with Crippen LogP contribution in [0.25, 0.3) is 5.69 Å². The van der Waals surface area contributed by atoms with Gasteiger partial charge in [0.1, 0.15) is 5.69 Å². The van der Waals surface area contributed by atoms with Gasteiger partial charge in [0.05, 0.1) is 16.3 Å². The van der Waals surface area contributed by atoms with Crippen molar-refractivity contribution in [1.29, 1.82) is 0 Å². The average molecular weight is 505 g/mol. The molecule has 1 amide bonds. The van der Waals surface area contributed by atoms with Crippen LogP contribution in [-0.2, 0) is 17.1 Å². The summed E-state index contributed by atoms with van der Waals surface area (Å²) in [7, 11) is -1.09. The van der Waals surface area contributed by atoms with Gasteiger partial charge in [0, 0.05) is 25.3 Å². The monoisotopic (exact) mass is 504 g/mol. The number of aromatic nitrogens is 2. The van der Waals surface area contributed by atoms with E-state index in [1.807, 2.05) is 32.0 Å². The van der Waals surface area contributed by atoms with E-state index in [9.17, 15) is 18.0 Å². The Morgan fingerprint density at radius 3 is 2.28 bits per heavy atom. The highest BCUT2D eigenvalue weighted by Gasteiger charge is 2.29. The summed E-state index contributed by atoms with van der Waals surface area (Å²) < 4.78 is 31.1. The first kappa shape index (κ1) is 25.0. The van der Waals surface area contributed by atoms with E-state index in [-0.39, 0.29) is 16.1 Å². The number of carbonyl (C=O) groups is 1. The number of anilines is 2. The summed E-state index contributed by atoms with van der Waals surface area (Å²) in [6, 6.07) is 20.4. The Kier molecular flexibility index (Phi) is 6.60. The lowest BCUT2D eigenvalue weighted by molar-refractivity contribution is 0.102. The van der Waals surface area contributed by atoms with Gasteiger partial charge in [-0.2, -0.15) is 0 Å². The van der Waals surface area contributed by atoms with E-state index in [4.69, 9.17) is 0 Å². The smallest absolute Gasteiger partial charge is 0.296 e. The van der Waals surface area contributed by atoms with E-state index in [0.29, 0.717) is 17.1 Å². The number of benzene rings is 3. The zero-order valence-electron chi connectivity index (χ0n) is 20.8. The molecule has 36 heavy (non-hydrogen) atoms. The fraction of sp³-hybridized carbons (Fsp3) is 0.185. The van der Waals surface area contributed by atoms with Crippen molar-refractivity contribution in [3.63, 3.8) is 0 Å². The number of nitrogens with zero attached hydrogens (tertiary/aromatic N) is 3. The summed E-state index contributed by atoms with van der Waals surface area (Å²) in [5, 5.41) is 2.85. The van der Waals surface area contributed by atoms with Crippen LogP contribution in [0.4, 0.5) is 11.4 Å². The van der Waals surface area contributed by atoms with Crippen LogP contribution in [0, 0.1) is 20.8 Å². The first-order chi connectivity index (χ1) is 17.0. The van der Waals surface area contributed by atoms with Crippen LogP contribution in [0.15, 0.2) is 82.5 Å². The molecule has 0 fully saturated rings. The molecule has 1 N–H and O–H groups in total. The second-order valence-corrected chi connectivity index (χ2v) is 10.6. The van der Waals surface area contributed by atoms with Gasteiger partial charge in [0.15, 0.2) is 0 Å². The molecule has 186 valence electrons. The summed E-state index contributed by atoms with van der Waals surface area (Å²) in [4.78, 5) is 26.2. The summed E-state index contributed by atoms with van der Waals surface area (Å²) in [6.07, 6.45) is 0. The number of amides is 1. The Balaban J connectivity index is 1.70. The minimum Gasteiger partial charge on any atom is -0.322 e. The third kappa shape index (κ3) is 4.33. The van der Waals surface area contributed by atoms with Gasteiger partial charge in [0.2, 0.25) is 0 Å². The largest absolute Gasteiger partial charge is 0.322 e. The molecule has 1 heterocycles. The molecule has 9 heteroatoms. The van der Waals surface area contributed by atoms with Crippen LogP contribution in [0.5, 0.6) is 0 Å². The highest BCUT2D eigenvalue weighted by molar-refractivity contribution is 7.92. The highest BCUT2D eigenvalue weighted by Crippen LogP contribution is 2.25. The van der Waals surface area contributed by atoms with Crippen molar-refractivity contribution in [1.82, 2.24) is 9.36 Å². The molecule has 3 aromatic carbocycles. The van der Waals surface area contributed by atoms with Crippen molar-refractivity contribution in [2.24, 2.45) is 7.05 Å². The highest BCUT2D eigenvalue weighted by atomic mass is 32.2. The van der Waals surface area contributed by atoms with E-state index < -0.39 is 21.5 Å². The first-order valence-corrected chi connectivity index (χ1v) is 12.8. The van der Waals surface area contributed by atoms with E-state index >= 15 is 0 Å². The molecule has 0 bridgehead atoms. The number of carbonyl (C=O) groups excluding carboxylic acids is 1. The molecule has 8 nitrogen and oxygen atoms in total. The van der Waals surface area contributed by atoms with Gasteiger partial charge >= 0.3 is 0 Å². The molecular formula is C27H28N4O4S. The molecular weight excluding hydrogens is 476 g/mol. The minimum absolute atomic E-state index is 0.0339. The number of aryl methyl sites for hydroxylation is 1. The minimum atomic E-state index is -4.14. The quantitative estimate of drug-likeness (QED) is 0.426. The van der Waals surface area contributed by atoms with E-state index in [1.165, 1.54) is 29.9 Å². The molecule has 0 aliphatic rings. The Morgan fingerprint density at radius 1 is 0.917 bits per heavy atom. The zero-order valence-corrected chi connectivity index (χ0v) is 21.6. The Labute approximate surface area is 210 Å². The van der Waals surface area contributed by atoms with Crippen LogP contribution in [0.2, 0.25) is 0 Å². The number of rotatable bonds is 6. The van der Waals surface area contributed by atoms with E-state index in [2.05, 4.69) is 5.32 Å². The molecule has 0 unspecified atom stereocenters. The molecule has 0 atom stereocenters. The molecule has 0 aliphatic heterocycles. The molecule has 0 aliphatic carbocycles. The van der Waals surface area contributed by atoms with Crippen LogP contribution >= 0.6 is 0 Å². The van der Waals surface area contributed by atoms with Gasteiger partial charge in [-0.05, 0) is 68.3 Å². The summed E-state index contributed by atoms with van der Waals surface area (Å²) >= 11 is 0. The zero-order chi connectivity index (χ0) is 26.2. The molecule has 0 saturated heterocycles. The van der Waals surface area contributed by atoms with Gasteiger partial charge in [0.25, 0.3) is 21.5 Å². The van der Waals surface area contributed by atoms with Crippen molar-refractivity contribution in [2.45, 2.75) is 25.7 Å². The van der Waals surface area contributed by atoms with Crippen molar-refractivity contribution in [3.05, 3.63) is 106 Å².